The minimum Gasteiger partial charge on any atom is -0.390 e. The number of rotatable bonds is 2. The first-order chi connectivity index (χ1) is 7.86. The first kappa shape index (κ1) is 12.7. The number of alkyl halides is 1. The molecule has 94 valence electrons. The summed E-state index contributed by atoms with van der Waals surface area (Å²) in [6.45, 7) is 1.61. The first-order valence-corrected chi connectivity index (χ1v) is 5.87. The molecule has 0 spiro atoms. The SMILES string of the molecule is C[C@H]1O[C@](I)(c2cnc([N+](=O)[O-])[nH]2)[C@@H](O)[C@@H]1O. The van der Waals surface area contributed by atoms with E-state index in [4.69, 9.17) is 4.74 Å². The molecule has 2 rings (SSSR count). The zero-order valence-corrected chi connectivity index (χ0v) is 10.9. The molecule has 0 saturated carbocycles. The summed E-state index contributed by atoms with van der Waals surface area (Å²) in [6, 6.07) is 0. The van der Waals surface area contributed by atoms with Crippen molar-refractivity contribution >= 4 is 28.5 Å². The summed E-state index contributed by atoms with van der Waals surface area (Å²) in [6.07, 6.45) is -1.57. The number of aromatic nitrogens is 2. The smallest absolute Gasteiger partial charge is 0.390 e. The van der Waals surface area contributed by atoms with Gasteiger partial charge in [0, 0.05) is 0 Å². The van der Waals surface area contributed by atoms with Gasteiger partial charge in [0.05, 0.1) is 6.10 Å². The van der Waals surface area contributed by atoms with Crippen LogP contribution in [0, 0.1) is 10.1 Å². The first-order valence-electron chi connectivity index (χ1n) is 4.79. The molecule has 0 unspecified atom stereocenters. The number of imidazole rings is 1. The predicted octanol–water partition coefficient (Wildman–Crippen LogP) is 0.0462. The second-order valence-electron chi connectivity index (χ2n) is 3.78. The number of ether oxygens (including phenoxy) is 1. The summed E-state index contributed by atoms with van der Waals surface area (Å²) in [4.78, 5) is 15.8. The van der Waals surface area contributed by atoms with Crippen molar-refractivity contribution in [3.63, 3.8) is 0 Å². The van der Waals surface area contributed by atoms with Crippen LogP contribution in [0.3, 0.4) is 0 Å². The summed E-state index contributed by atoms with van der Waals surface area (Å²) >= 11 is 1.80. The van der Waals surface area contributed by atoms with E-state index in [1.54, 1.807) is 29.5 Å². The zero-order valence-electron chi connectivity index (χ0n) is 8.70. The van der Waals surface area contributed by atoms with Crippen LogP contribution in [0.1, 0.15) is 12.6 Å². The largest absolute Gasteiger partial charge is 0.432 e. The normalized spacial score (nSPS) is 37.3. The summed E-state index contributed by atoms with van der Waals surface area (Å²) in [5.41, 5.74) is 0.251. The minimum absolute atomic E-state index is 0.251. The average molecular weight is 355 g/mol. The second-order valence-corrected chi connectivity index (χ2v) is 5.38. The van der Waals surface area contributed by atoms with E-state index in [-0.39, 0.29) is 5.69 Å². The van der Waals surface area contributed by atoms with Crippen molar-refractivity contribution in [3.05, 3.63) is 22.0 Å². The van der Waals surface area contributed by atoms with Crippen molar-refractivity contribution in [1.29, 1.82) is 0 Å². The number of aromatic amines is 1. The number of hydrogen-bond donors (Lipinski definition) is 3. The fourth-order valence-electron chi connectivity index (χ4n) is 1.69. The zero-order chi connectivity index (χ0) is 12.8. The Morgan fingerprint density at radius 2 is 2.35 bits per heavy atom. The summed E-state index contributed by atoms with van der Waals surface area (Å²) in [5.74, 6) is -0.430. The lowest BCUT2D eigenvalue weighted by Crippen LogP contribution is -2.36. The number of hydrogen-bond acceptors (Lipinski definition) is 6. The Morgan fingerprint density at radius 3 is 2.76 bits per heavy atom. The third-order valence-corrected chi connectivity index (χ3v) is 4.12. The Bertz CT molecular complexity index is 452. The lowest BCUT2D eigenvalue weighted by molar-refractivity contribution is -0.393. The number of aliphatic hydroxyl groups excluding tert-OH is 2. The van der Waals surface area contributed by atoms with Crippen LogP contribution in [-0.2, 0) is 8.34 Å². The second kappa shape index (κ2) is 4.15. The highest BCUT2D eigenvalue weighted by atomic mass is 127. The van der Waals surface area contributed by atoms with Gasteiger partial charge in [0.2, 0.25) is 3.61 Å². The van der Waals surface area contributed by atoms with Crippen molar-refractivity contribution in [2.45, 2.75) is 28.8 Å². The van der Waals surface area contributed by atoms with E-state index >= 15 is 0 Å². The molecule has 9 heteroatoms. The molecule has 1 aromatic heterocycles. The molecule has 8 nitrogen and oxygen atoms in total. The van der Waals surface area contributed by atoms with Gasteiger partial charge in [-0.3, -0.25) is 0 Å². The van der Waals surface area contributed by atoms with Gasteiger partial charge < -0.3 is 25.1 Å². The minimum atomic E-state index is -1.25. The molecule has 0 aliphatic carbocycles. The van der Waals surface area contributed by atoms with Gasteiger partial charge in [-0.2, -0.15) is 0 Å². The van der Waals surface area contributed by atoms with Crippen LogP contribution in [0.5, 0.6) is 0 Å². The van der Waals surface area contributed by atoms with Gasteiger partial charge in [-0.25, -0.2) is 4.98 Å². The fourth-order valence-corrected chi connectivity index (χ4v) is 2.73. The van der Waals surface area contributed by atoms with Crippen LogP contribution in [0.2, 0.25) is 0 Å². The molecule has 1 aliphatic rings. The monoisotopic (exact) mass is 355 g/mol. The van der Waals surface area contributed by atoms with Gasteiger partial charge in [-0.15, -0.1) is 0 Å². The quantitative estimate of drug-likeness (QED) is 0.298. The van der Waals surface area contributed by atoms with Gasteiger partial charge >= 0.3 is 5.95 Å². The maximum Gasteiger partial charge on any atom is 0.432 e. The van der Waals surface area contributed by atoms with Crippen LogP contribution < -0.4 is 0 Å². The van der Waals surface area contributed by atoms with Crippen LogP contribution in [0.25, 0.3) is 0 Å². The maximum absolute atomic E-state index is 10.5. The average Bonchev–Trinajstić information content (AvgIpc) is 2.82. The molecular formula is C8H10IN3O5. The highest BCUT2D eigenvalue weighted by Crippen LogP contribution is 2.44. The van der Waals surface area contributed by atoms with E-state index in [1.165, 1.54) is 6.20 Å². The fraction of sp³-hybridized carbons (Fsp3) is 0.625. The number of nitro groups is 1. The maximum atomic E-state index is 10.5. The molecule has 1 aliphatic heterocycles. The molecule has 17 heavy (non-hydrogen) atoms. The molecular weight excluding hydrogens is 345 g/mol. The van der Waals surface area contributed by atoms with Gasteiger partial charge in [-0.1, -0.05) is 4.98 Å². The lowest BCUT2D eigenvalue weighted by Gasteiger charge is -2.21. The molecule has 1 aromatic rings. The standard InChI is InChI=1S/C8H10IN3O5/c1-3-5(13)6(14)8(9,17-3)4-2-10-7(11-4)12(15)16/h2-3,5-6,13-14H,1H3,(H,10,11)/t3-,5-,6+,8-/m1/s1. The van der Waals surface area contributed by atoms with E-state index in [2.05, 4.69) is 9.97 Å². The van der Waals surface area contributed by atoms with E-state index in [0.717, 1.165) is 0 Å². The Balaban J connectivity index is 2.35. The highest BCUT2D eigenvalue weighted by Gasteiger charge is 2.54. The highest BCUT2D eigenvalue weighted by molar-refractivity contribution is 14.1. The van der Waals surface area contributed by atoms with Crippen LogP contribution >= 0.6 is 22.6 Å². The Kier molecular flexibility index (Phi) is 3.10. The van der Waals surface area contributed by atoms with Crippen molar-refractivity contribution < 1.29 is 19.9 Å². The summed E-state index contributed by atoms with van der Waals surface area (Å²) in [5, 5.41) is 30.0. The van der Waals surface area contributed by atoms with E-state index < -0.39 is 32.8 Å². The number of nitrogens with zero attached hydrogens (tertiary/aromatic N) is 2. The molecule has 0 bridgehead atoms. The van der Waals surface area contributed by atoms with Crippen molar-refractivity contribution in [3.8, 4) is 0 Å². The van der Waals surface area contributed by atoms with Crippen molar-refractivity contribution in [2.24, 2.45) is 0 Å². The summed E-state index contributed by atoms with van der Waals surface area (Å²) < 4.78 is 4.19. The van der Waals surface area contributed by atoms with E-state index in [0.29, 0.717) is 0 Å². The third kappa shape index (κ3) is 1.92. The molecule has 0 radical (unpaired) electrons. The molecule has 1 saturated heterocycles. The van der Waals surface area contributed by atoms with Gasteiger partial charge in [0.1, 0.15) is 18.4 Å². The predicted molar refractivity (Wildman–Crippen MR) is 63.5 cm³/mol. The van der Waals surface area contributed by atoms with Gasteiger partial charge in [-0.05, 0) is 34.4 Å². The number of H-pyrrole nitrogens is 1. The third-order valence-electron chi connectivity index (χ3n) is 2.64. The summed E-state index contributed by atoms with van der Waals surface area (Å²) in [7, 11) is 0. The van der Waals surface area contributed by atoms with Crippen molar-refractivity contribution in [2.75, 3.05) is 0 Å². The van der Waals surface area contributed by atoms with Crippen LogP contribution in [0.15, 0.2) is 6.20 Å². The Hall–Kier alpha value is -0.780. The molecule has 4 atom stereocenters. The molecule has 3 N–H and O–H groups in total. The Morgan fingerprint density at radius 1 is 1.71 bits per heavy atom. The van der Waals surface area contributed by atoms with Crippen molar-refractivity contribution in [1.82, 2.24) is 9.97 Å². The topological polar surface area (TPSA) is 122 Å². The molecule has 2 heterocycles. The molecule has 0 amide bonds. The van der Waals surface area contributed by atoms with Crippen LogP contribution in [-0.4, -0.2) is 43.4 Å². The number of aliphatic hydroxyl groups is 2. The molecule has 0 aromatic carbocycles. The van der Waals surface area contributed by atoms with Gasteiger partial charge in [0.15, 0.2) is 5.69 Å². The number of halogens is 1. The number of nitrogens with one attached hydrogen (secondary N) is 1. The Labute approximate surface area is 109 Å². The van der Waals surface area contributed by atoms with E-state index in [1.807, 2.05) is 0 Å². The molecule has 1 fully saturated rings. The van der Waals surface area contributed by atoms with Crippen LogP contribution in [0.4, 0.5) is 5.95 Å². The van der Waals surface area contributed by atoms with E-state index in [9.17, 15) is 20.3 Å². The lowest BCUT2D eigenvalue weighted by atomic mass is 10.1. The van der Waals surface area contributed by atoms with Gasteiger partial charge in [0.25, 0.3) is 0 Å².